The number of halogens is 3. The highest BCUT2D eigenvalue weighted by atomic mass is 32.2. The summed E-state index contributed by atoms with van der Waals surface area (Å²) in [5, 5.41) is 10.9. The summed E-state index contributed by atoms with van der Waals surface area (Å²) in [6.07, 6.45) is 0. The van der Waals surface area contributed by atoms with Crippen molar-refractivity contribution in [2.24, 2.45) is 0 Å². The minimum Gasteiger partial charge on any atom is -0.478 e. The van der Waals surface area contributed by atoms with Gasteiger partial charge in [-0.05, 0) is 47.5 Å². The van der Waals surface area contributed by atoms with Gasteiger partial charge in [-0.1, -0.05) is 42.6 Å². The molecule has 4 rings (SSSR count). The molecule has 2 nitrogen and oxygen atoms in total. The molecule has 1 aliphatic rings. The van der Waals surface area contributed by atoms with E-state index in [-0.39, 0.29) is 5.57 Å². The number of carbonyl (C=O) groups is 1. The summed E-state index contributed by atoms with van der Waals surface area (Å²) in [6, 6.07) is 10.7. The summed E-state index contributed by atoms with van der Waals surface area (Å²) in [5.41, 5.74) is -0.258. The molecule has 0 bridgehead atoms. The third-order valence-corrected chi connectivity index (χ3v) is 6.06. The summed E-state index contributed by atoms with van der Waals surface area (Å²) in [6.45, 7) is 6.90. The molecule has 0 atom stereocenters. The highest BCUT2D eigenvalue weighted by Crippen LogP contribution is 2.41. The number of aryl methyl sites for hydroxylation is 1. The van der Waals surface area contributed by atoms with Crippen LogP contribution in [0.1, 0.15) is 32.6 Å². The minimum atomic E-state index is -1.73. The van der Waals surface area contributed by atoms with Gasteiger partial charge >= 0.3 is 5.97 Å². The van der Waals surface area contributed by atoms with Crippen LogP contribution in [0.2, 0.25) is 0 Å². The number of benzene rings is 3. The second kappa shape index (κ2) is 6.81. The largest absolute Gasteiger partial charge is 0.478 e. The van der Waals surface area contributed by atoms with Crippen molar-refractivity contribution in [3.05, 3.63) is 92.1 Å². The van der Waals surface area contributed by atoms with Crippen molar-refractivity contribution in [1.82, 2.24) is 0 Å². The van der Waals surface area contributed by atoms with Gasteiger partial charge in [0.25, 0.3) is 0 Å². The van der Waals surface area contributed by atoms with Gasteiger partial charge in [0.2, 0.25) is 0 Å². The Morgan fingerprint density at radius 3 is 2.38 bits per heavy atom. The molecule has 6 heteroatoms. The van der Waals surface area contributed by atoms with Crippen molar-refractivity contribution in [2.75, 3.05) is 0 Å². The lowest BCUT2D eigenvalue weighted by atomic mass is 9.88. The van der Waals surface area contributed by atoms with Crippen molar-refractivity contribution in [3.8, 4) is 0 Å². The van der Waals surface area contributed by atoms with E-state index in [1.165, 1.54) is 11.8 Å². The number of carboxylic acid groups (broad SMARTS) is 1. The zero-order chi connectivity index (χ0) is 21.0. The molecule has 0 fully saturated rings. The normalized spacial score (nSPS) is 12.5. The Morgan fingerprint density at radius 1 is 0.966 bits per heavy atom. The average Bonchev–Trinajstić information content (AvgIpc) is 2.66. The van der Waals surface area contributed by atoms with Crippen LogP contribution in [0.25, 0.3) is 12.2 Å². The van der Waals surface area contributed by atoms with E-state index in [9.17, 15) is 18.7 Å². The Bertz CT molecular complexity index is 1330. The molecular formula is C23H15F3O2S. The molecule has 3 aromatic rings. The molecule has 1 heterocycles. The summed E-state index contributed by atoms with van der Waals surface area (Å²) < 4.78 is 44.1. The molecule has 0 saturated heterocycles. The molecule has 1 N–H and O–H groups in total. The lowest BCUT2D eigenvalue weighted by Gasteiger charge is -2.23. The van der Waals surface area contributed by atoms with Crippen LogP contribution in [0.15, 0.2) is 46.2 Å². The summed E-state index contributed by atoms with van der Waals surface area (Å²) in [7, 11) is 0. The fourth-order valence-corrected chi connectivity index (χ4v) is 4.78. The highest BCUT2D eigenvalue weighted by Gasteiger charge is 2.32. The molecular weight excluding hydrogens is 397 g/mol. The molecule has 146 valence electrons. The first-order valence-corrected chi connectivity index (χ1v) is 9.55. The smallest absolute Gasteiger partial charge is 0.339 e. The van der Waals surface area contributed by atoms with E-state index in [1.54, 1.807) is 24.3 Å². The van der Waals surface area contributed by atoms with Crippen LogP contribution in [0.3, 0.4) is 0 Å². The summed E-state index contributed by atoms with van der Waals surface area (Å²) >= 11 is 1.44. The quantitative estimate of drug-likeness (QED) is 0.491. The second-order valence-electron chi connectivity index (χ2n) is 6.93. The third-order valence-electron chi connectivity index (χ3n) is 4.95. The first-order chi connectivity index (χ1) is 13.7. The summed E-state index contributed by atoms with van der Waals surface area (Å²) in [4.78, 5) is 13.3. The molecule has 0 radical (unpaired) electrons. The van der Waals surface area contributed by atoms with E-state index in [0.29, 0.717) is 10.8 Å². The van der Waals surface area contributed by atoms with Crippen LogP contribution < -0.4 is 10.4 Å². The number of aromatic carboxylic acids is 1. The van der Waals surface area contributed by atoms with Crippen molar-refractivity contribution in [2.45, 2.75) is 23.6 Å². The highest BCUT2D eigenvalue weighted by molar-refractivity contribution is 7.99. The number of rotatable bonds is 2. The van der Waals surface area contributed by atoms with Gasteiger partial charge in [-0.2, -0.15) is 0 Å². The van der Waals surface area contributed by atoms with Crippen LogP contribution in [-0.2, 0) is 0 Å². The number of hydrogen-bond donors (Lipinski definition) is 1. The first kappa shape index (κ1) is 19.3. The SMILES string of the molecule is C=c1ccc2c(c1)Sc1cc(C)ccc1C=2c1c(F)c(C)c(F)c(F)c1C(=O)O. The van der Waals surface area contributed by atoms with Crippen LogP contribution in [0.4, 0.5) is 13.2 Å². The molecule has 0 saturated carbocycles. The van der Waals surface area contributed by atoms with Crippen molar-refractivity contribution >= 4 is 29.9 Å². The molecule has 1 aliphatic heterocycles. The van der Waals surface area contributed by atoms with Gasteiger partial charge in [0.05, 0.1) is 0 Å². The Balaban J connectivity index is 2.27. The molecule has 0 unspecified atom stereocenters. The lowest BCUT2D eigenvalue weighted by molar-refractivity contribution is 0.0689. The molecule has 0 amide bonds. The number of fused-ring (bicyclic) bond motifs is 2. The maximum absolute atomic E-state index is 15.3. The van der Waals surface area contributed by atoms with E-state index >= 15 is 4.39 Å². The Kier molecular flexibility index (Phi) is 4.54. The van der Waals surface area contributed by atoms with Crippen molar-refractivity contribution < 1.29 is 23.1 Å². The topological polar surface area (TPSA) is 37.3 Å². The van der Waals surface area contributed by atoms with E-state index in [2.05, 4.69) is 6.58 Å². The van der Waals surface area contributed by atoms with Gasteiger partial charge in [-0.25, -0.2) is 18.0 Å². The zero-order valence-electron chi connectivity index (χ0n) is 15.6. The maximum atomic E-state index is 15.3. The Hall–Kier alpha value is -2.99. The molecule has 3 aromatic carbocycles. The summed E-state index contributed by atoms with van der Waals surface area (Å²) in [5.74, 6) is -5.88. The second-order valence-corrected chi connectivity index (χ2v) is 8.01. The molecule has 29 heavy (non-hydrogen) atoms. The van der Waals surface area contributed by atoms with Crippen LogP contribution in [0, 0.1) is 31.3 Å². The van der Waals surface area contributed by atoms with Crippen LogP contribution >= 0.6 is 11.8 Å². The van der Waals surface area contributed by atoms with Crippen LogP contribution in [0.5, 0.6) is 0 Å². The molecule has 0 aromatic heterocycles. The fraction of sp³-hybridized carbons (Fsp3) is 0.0870. The zero-order valence-corrected chi connectivity index (χ0v) is 16.4. The van der Waals surface area contributed by atoms with Gasteiger partial charge in [0.15, 0.2) is 11.6 Å². The van der Waals surface area contributed by atoms with Gasteiger partial charge in [-0.3, -0.25) is 0 Å². The Morgan fingerprint density at radius 2 is 1.69 bits per heavy atom. The van der Waals surface area contributed by atoms with E-state index in [4.69, 9.17) is 0 Å². The van der Waals surface area contributed by atoms with Gasteiger partial charge in [-0.15, -0.1) is 0 Å². The van der Waals surface area contributed by atoms with E-state index in [1.807, 2.05) is 19.1 Å². The molecule has 0 spiro atoms. The predicted molar refractivity (Wildman–Crippen MR) is 106 cm³/mol. The van der Waals surface area contributed by atoms with Crippen LogP contribution in [-0.4, -0.2) is 11.1 Å². The standard InChI is InChI=1S/C23H15F3O2S/c1-10-4-6-13-15(8-10)29-16-9-11(2)5-7-14(16)17(13)18-19(23(27)28)22(26)21(25)12(3)20(18)24/h4-9H,1H2,2-3H3,(H,27,28). The average molecular weight is 412 g/mol. The number of hydrogen-bond acceptors (Lipinski definition) is 2. The minimum absolute atomic E-state index is 0.227. The van der Waals surface area contributed by atoms with Crippen molar-refractivity contribution in [3.63, 3.8) is 0 Å². The first-order valence-electron chi connectivity index (χ1n) is 8.73. The Labute approximate surface area is 169 Å². The van der Waals surface area contributed by atoms with Gasteiger partial charge < -0.3 is 5.11 Å². The van der Waals surface area contributed by atoms with Crippen molar-refractivity contribution in [1.29, 1.82) is 0 Å². The van der Waals surface area contributed by atoms with E-state index < -0.39 is 40.1 Å². The molecule has 0 aliphatic carbocycles. The third kappa shape index (κ3) is 2.95. The number of carboxylic acids is 1. The lowest BCUT2D eigenvalue weighted by Crippen LogP contribution is -2.22. The maximum Gasteiger partial charge on any atom is 0.339 e. The predicted octanol–water partition coefficient (Wildman–Crippen LogP) is 4.54. The van der Waals surface area contributed by atoms with Gasteiger partial charge in [0.1, 0.15) is 11.4 Å². The van der Waals surface area contributed by atoms with Gasteiger partial charge in [0, 0.05) is 26.5 Å². The monoisotopic (exact) mass is 412 g/mol. The van der Waals surface area contributed by atoms with E-state index in [0.717, 1.165) is 27.5 Å². The fourth-order valence-electron chi connectivity index (χ4n) is 3.52.